The Bertz CT molecular complexity index is 1440. The molecule has 1 aromatic heterocycles. The standard InChI is InChI=1S/C23H14F4N4O3S/c24-17-6-4-12(8-18(17)31-30-15-5-7-20(32)16(10-15)21(33)34)19-11-35-22(29-19)28-14-3-1-2-13(9-14)23(25,26)27/h1-11,32H,(H,28,29)(H,33,34)/b31-30+. The number of phenols is 1. The van der Waals surface area contributed by atoms with Crippen LogP contribution in [0.25, 0.3) is 11.3 Å². The molecule has 3 aromatic carbocycles. The predicted octanol–water partition coefficient (Wildman–Crippen LogP) is 7.53. The molecule has 0 aliphatic heterocycles. The van der Waals surface area contributed by atoms with E-state index in [-0.39, 0.29) is 22.6 Å². The van der Waals surface area contributed by atoms with Crippen molar-refractivity contribution in [3.8, 4) is 17.0 Å². The van der Waals surface area contributed by atoms with Crippen molar-refractivity contribution in [1.29, 1.82) is 0 Å². The van der Waals surface area contributed by atoms with Gasteiger partial charge >= 0.3 is 12.1 Å². The summed E-state index contributed by atoms with van der Waals surface area (Å²) in [4.78, 5) is 15.5. The number of rotatable bonds is 6. The summed E-state index contributed by atoms with van der Waals surface area (Å²) in [5.74, 6) is -2.49. The number of hydrogen-bond donors (Lipinski definition) is 3. The lowest BCUT2D eigenvalue weighted by atomic mass is 10.1. The van der Waals surface area contributed by atoms with Gasteiger partial charge in [0.25, 0.3) is 0 Å². The van der Waals surface area contributed by atoms with E-state index < -0.39 is 29.3 Å². The summed E-state index contributed by atoms with van der Waals surface area (Å²) >= 11 is 1.15. The van der Waals surface area contributed by atoms with Crippen molar-refractivity contribution in [2.24, 2.45) is 10.2 Å². The zero-order valence-electron chi connectivity index (χ0n) is 17.4. The van der Waals surface area contributed by atoms with Crippen LogP contribution in [-0.2, 0) is 6.18 Å². The van der Waals surface area contributed by atoms with Gasteiger partial charge in [-0.3, -0.25) is 0 Å². The molecular weight excluding hydrogens is 488 g/mol. The minimum Gasteiger partial charge on any atom is -0.507 e. The van der Waals surface area contributed by atoms with Crippen LogP contribution in [0, 0.1) is 5.82 Å². The largest absolute Gasteiger partial charge is 0.507 e. The minimum absolute atomic E-state index is 0.0891. The first kappa shape index (κ1) is 23.8. The van der Waals surface area contributed by atoms with Crippen LogP contribution < -0.4 is 5.32 Å². The molecule has 178 valence electrons. The summed E-state index contributed by atoms with van der Waals surface area (Å²) < 4.78 is 53.0. The highest BCUT2D eigenvalue weighted by Crippen LogP contribution is 2.34. The number of halogens is 4. The van der Waals surface area contributed by atoms with E-state index in [2.05, 4.69) is 20.5 Å². The Labute approximate surface area is 199 Å². The van der Waals surface area contributed by atoms with Gasteiger partial charge in [0.15, 0.2) is 10.9 Å². The molecule has 0 aliphatic carbocycles. The van der Waals surface area contributed by atoms with Gasteiger partial charge < -0.3 is 15.5 Å². The van der Waals surface area contributed by atoms with Gasteiger partial charge in [0.2, 0.25) is 0 Å². The van der Waals surface area contributed by atoms with E-state index in [4.69, 9.17) is 5.11 Å². The number of carboxylic acid groups (broad SMARTS) is 1. The second-order valence-electron chi connectivity index (χ2n) is 7.11. The SMILES string of the molecule is O=C(O)c1cc(/N=N/c2cc(-c3csc(Nc4cccc(C(F)(F)F)c4)n3)ccc2F)ccc1O. The Kier molecular flexibility index (Phi) is 6.47. The van der Waals surface area contributed by atoms with Crippen molar-refractivity contribution in [1.82, 2.24) is 4.98 Å². The maximum Gasteiger partial charge on any atom is 0.416 e. The predicted molar refractivity (Wildman–Crippen MR) is 121 cm³/mol. The summed E-state index contributed by atoms with van der Waals surface area (Å²) in [6.45, 7) is 0. The van der Waals surface area contributed by atoms with Gasteiger partial charge in [0, 0.05) is 16.6 Å². The van der Waals surface area contributed by atoms with Gasteiger partial charge in [-0.05, 0) is 54.6 Å². The number of benzene rings is 3. The average molecular weight is 502 g/mol. The normalized spacial score (nSPS) is 11.7. The van der Waals surface area contributed by atoms with E-state index in [0.717, 1.165) is 41.7 Å². The highest BCUT2D eigenvalue weighted by Gasteiger charge is 2.30. The average Bonchev–Trinajstić information content (AvgIpc) is 3.27. The molecule has 0 saturated carbocycles. The number of azo groups is 1. The van der Waals surface area contributed by atoms with E-state index >= 15 is 0 Å². The van der Waals surface area contributed by atoms with Crippen LogP contribution in [0.5, 0.6) is 5.75 Å². The van der Waals surface area contributed by atoms with Crippen molar-refractivity contribution < 1.29 is 32.6 Å². The molecule has 7 nitrogen and oxygen atoms in total. The number of aromatic carboxylic acids is 1. The van der Waals surface area contributed by atoms with E-state index in [9.17, 15) is 27.5 Å². The minimum atomic E-state index is -4.47. The van der Waals surface area contributed by atoms with Crippen LogP contribution in [0.1, 0.15) is 15.9 Å². The van der Waals surface area contributed by atoms with Gasteiger partial charge in [0.1, 0.15) is 17.0 Å². The summed E-state index contributed by atoms with van der Waals surface area (Å²) in [6.07, 6.45) is -4.47. The fourth-order valence-corrected chi connectivity index (χ4v) is 3.72. The van der Waals surface area contributed by atoms with Crippen LogP contribution in [0.15, 0.2) is 76.3 Å². The number of nitrogens with zero attached hydrogens (tertiary/aromatic N) is 3. The highest BCUT2D eigenvalue weighted by atomic mass is 32.1. The number of hydrogen-bond acceptors (Lipinski definition) is 7. The molecule has 0 atom stereocenters. The molecule has 4 aromatic rings. The van der Waals surface area contributed by atoms with Gasteiger partial charge in [-0.1, -0.05) is 6.07 Å². The van der Waals surface area contributed by atoms with E-state index in [1.165, 1.54) is 30.3 Å². The van der Waals surface area contributed by atoms with E-state index in [1.807, 2.05) is 0 Å². The number of carboxylic acids is 1. The Balaban J connectivity index is 1.55. The molecule has 3 N–H and O–H groups in total. The van der Waals surface area contributed by atoms with Crippen LogP contribution in [0.2, 0.25) is 0 Å². The van der Waals surface area contributed by atoms with Gasteiger partial charge in [-0.25, -0.2) is 14.2 Å². The molecule has 35 heavy (non-hydrogen) atoms. The zero-order chi connectivity index (χ0) is 25.2. The van der Waals surface area contributed by atoms with E-state index in [1.54, 1.807) is 5.38 Å². The van der Waals surface area contributed by atoms with Crippen LogP contribution in [-0.4, -0.2) is 21.2 Å². The van der Waals surface area contributed by atoms with Gasteiger partial charge in [-0.15, -0.1) is 16.5 Å². The molecule has 12 heteroatoms. The number of alkyl halides is 3. The van der Waals surface area contributed by atoms with Crippen LogP contribution >= 0.6 is 11.3 Å². The Morgan fingerprint density at radius 3 is 2.57 bits per heavy atom. The maximum atomic E-state index is 14.3. The smallest absolute Gasteiger partial charge is 0.416 e. The van der Waals surface area contributed by atoms with Crippen molar-refractivity contribution >= 4 is 39.5 Å². The molecule has 0 fully saturated rings. The third-order valence-electron chi connectivity index (χ3n) is 4.67. The molecule has 4 rings (SSSR count). The number of thiazole rings is 1. The number of anilines is 2. The topological polar surface area (TPSA) is 107 Å². The summed E-state index contributed by atoms with van der Waals surface area (Å²) in [7, 11) is 0. The van der Waals surface area contributed by atoms with Crippen LogP contribution in [0.3, 0.4) is 0 Å². The summed E-state index contributed by atoms with van der Waals surface area (Å²) in [6, 6.07) is 12.2. The monoisotopic (exact) mass is 502 g/mol. The number of nitrogens with one attached hydrogen (secondary N) is 1. The molecule has 1 heterocycles. The molecule has 0 spiro atoms. The first-order chi connectivity index (χ1) is 16.6. The molecular formula is C23H14F4N4O3S. The lowest BCUT2D eigenvalue weighted by Crippen LogP contribution is -2.05. The second kappa shape index (κ2) is 9.50. The van der Waals surface area contributed by atoms with Gasteiger partial charge in [0.05, 0.1) is 16.9 Å². The zero-order valence-corrected chi connectivity index (χ0v) is 18.2. The van der Waals surface area contributed by atoms with E-state index in [0.29, 0.717) is 16.4 Å². The molecule has 0 unspecified atom stereocenters. The third kappa shape index (κ3) is 5.61. The Hall–Kier alpha value is -4.32. The number of carbonyl (C=O) groups is 1. The molecule has 0 bridgehead atoms. The molecule has 0 saturated heterocycles. The number of aromatic hydroxyl groups is 1. The molecule has 0 radical (unpaired) electrons. The lowest BCUT2D eigenvalue weighted by molar-refractivity contribution is -0.137. The highest BCUT2D eigenvalue weighted by molar-refractivity contribution is 7.14. The third-order valence-corrected chi connectivity index (χ3v) is 5.43. The van der Waals surface area contributed by atoms with Crippen molar-refractivity contribution in [3.63, 3.8) is 0 Å². The van der Waals surface area contributed by atoms with Crippen molar-refractivity contribution in [2.75, 3.05) is 5.32 Å². The first-order valence-corrected chi connectivity index (χ1v) is 10.7. The fraction of sp³-hybridized carbons (Fsp3) is 0.0435. The first-order valence-electron chi connectivity index (χ1n) is 9.78. The molecule has 0 aliphatic rings. The Morgan fingerprint density at radius 2 is 1.83 bits per heavy atom. The second-order valence-corrected chi connectivity index (χ2v) is 7.97. The number of aromatic nitrogens is 1. The summed E-state index contributed by atoms with van der Waals surface area (Å²) in [5, 5.41) is 31.1. The Morgan fingerprint density at radius 1 is 1.03 bits per heavy atom. The fourth-order valence-electron chi connectivity index (χ4n) is 2.98. The maximum absolute atomic E-state index is 14.3. The van der Waals surface area contributed by atoms with Gasteiger partial charge in [-0.2, -0.15) is 18.3 Å². The quantitative estimate of drug-likeness (QED) is 0.187. The van der Waals surface area contributed by atoms with Crippen LogP contribution in [0.4, 0.5) is 39.8 Å². The van der Waals surface area contributed by atoms with Crippen molar-refractivity contribution in [3.05, 3.63) is 83.0 Å². The molecule has 0 amide bonds. The summed E-state index contributed by atoms with van der Waals surface area (Å²) in [5.41, 5.74) is -0.108. The van der Waals surface area contributed by atoms with Crippen molar-refractivity contribution in [2.45, 2.75) is 6.18 Å². The lowest BCUT2D eigenvalue weighted by Gasteiger charge is -2.09.